The third kappa shape index (κ3) is 1.74. The summed E-state index contributed by atoms with van der Waals surface area (Å²) in [6.45, 7) is 1.73. The van der Waals surface area contributed by atoms with Gasteiger partial charge in [0.1, 0.15) is 11.6 Å². The topological polar surface area (TPSA) is 88.0 Å². The second-order valence-electron chi connectivity index (χ2n) is 2.80. The fraction of sp³-hybridized carbons (Fsp3) is 0.0909. The molecular formula is C11H8N2O2. The van der Waals surface area contributed by atoms with Crippen LogP contribution in [0.25, 0.3) is 6.08 Å². The maximum Gasteiger partial charge on any atom is 0.176 e. The van der Waals surface area contributed by atoms with Crippen LogP contribution in [-0.2, 0) is 0 Å². The van der Waals surface area contributed by atoms with E-state index in [9.17, 15) is 10.2 Å². The molecule has 4 nitrogen and oxygen atoms in total. The van der Waals surface area contributed by atoms with E-state index in [1.54, 1.807) is 19.1 Å². The number of phenolic OH excluding ortho intramolecular Hbond substituents is 2. The van der Waals surface area contributed by atoms with Crippen LogP contribution in [-0.4, -0.2) is 10.2 Å². The second-order valence-corrected chi connectivity index (χ2v) is 2.80. The number of rotatable bonds is 1. The largest absolute Gasteiger partial charge is 0.504 e. The lowest BCUT2D eigenvalue weighted by molar-refractivity contribution is 0.402. The van der Waals surface area contributed by atoms with E-state index in [-0.39, 0.29) is 11.1 Å². The lowest BCUT2D eigenvalue weighted by Gasteiger charge is -2.05. The zero-order chi connectivity index (χ0) is 11.4. The first-order valence-electron chi connectivity index (χ1n) is 4.17. The number of phenols is 2. The van der Waals surface area contributed by atoms with Crippen molar-refractivity contribution < 1.29 is 10.2 Å². The number of allylic oxidation sites excluding steroid dienone is 1. The monoisotopic (exact) mass is 200 g/mol. The molecule has 2 N–H and O–H groups in total. The van der Waals surface area contributed by atoms with Gasteiger partial charge in [-0.2, -0.15) is 10.5 Å². The van der Waals surface area contributed by atoms with Gasteiger partial charge < -0.3 is 10.2 Å². The summed E-state index contributed by atoms with van der Waals surface area (Å²) in [5, 5.41) is 36.3. The maximum absolute atomic E-state index is 9.41. The van der Waals surface area contributed by atoms with Gasteiger partial charge in [0, 0.05) is 11.6 Å². The Labute approximate surface area is 86.9 Å². The summed E-state index contributed by atoms with van der Waals surface area (Å²) >= 11 is 0. The molecule has 0 saturated carbocycles. The molecule has 0 unspecified atom stereocenters. The van der Waals surface area contributed by atoms with Gasteiger partial charge in [-0.15, -0.1) is 0 Å². The molecule has 1 aromatic rings. The van der Waals surface area contributed by atoms with Gasteiger partial charge in [0.25, 0.3) is 0 Å². The van der Waals surface area contributed by atoms with Crippen LogP contribution >= 0.6 is 0 Å². The number of benzene rings is 1. The smallest absolute Gasteiger partial charge is 0.176 e. The van der Waals surface area contributed by atoms with E-state index < -0.39 is 11.5 Å². The van der Waals surface area contributed by atoms with Crippen molar-refractivity contribution in [3.63, 3.8) is 0 Å². The van der Waals surface area contributed by atoms with Crippen molar-refractivity contribution in [1.29, 1.82) is 10.5 Å². The summed E-state index contributed by atoms with van der Waals surface area (Å²) < 4.78 is 0. The standard InChI is InChI=1S/C11H8N2O2/c1-2-3-8-7(5-12)4-10(14)11(15)9(8)6-13/h2-4,14-15H,1H3. The highest BCUT2D eigenvalue weighted by atomic mass is 16.3. The number of hydrogen-bond donors (Lipinski definition) is 2. The van der Waals surface area contributed by atoms with Gasteiger partial charge in [-0.3, -0.25) is 0 Å². The maximum atomic E-state index is 9.41. The molecule has 74 valence electrons. The lowest BCUT2D eigenvalue weighted by Crippen LogP contribution is -1.90. The molecule has 15 heavy (non-hydrogen) atoms. The van der Waals surface area contributed by atoms with Crippen LogP contribution in [0.1, 0.15) is 23.6 Å². The SMILES string of the molecule is CC=Cc1c(C#N)cc(O)c(O)c1C#N. The van der Waals surface area contributed by atoms with E-state index >= 15 is 0 Å². The average molecular weight is 200 g/mol. The normalized spacial score (nSPS) is 9.80. The number of aromatic hydroxyl groups is 2. The summed E-state index contributed by atoms with van der Waals surface area (Å²) in [4.78, 5) is 0. The van der Waals surface area contributed by atoms with Crippen molar-refractivity contribution in [1.82, 2.24) is 0 Å². The van der Waals surface area contributed by atoms with E-state index in [1.165, 1.54) is 6.08 Å². The minimum atomic E-state index is -0.496. The molecular weight excluding hydrogens is 192 g/mol. The fourth-order valence-corrected chi connectivity index (χ4v) is 1.22. The molecule has 1 aromatic carbocycles. The molecule has 0 spiro atoms. The Hall–Kier alpha value is -2.46. The van der Waals surface area contributed by atoms with E-state index in [4.69, 9.17) is 10.5 Å². The van der Waals surface area contributed by atoms with E-state index in [0.29, 0.717) is 5.56 Å². The van der Waals surface area contributed by atoms with Crippen LogP contribution in [0.4, 0.5) is 0 Å². The molecule has 0 amide bonds. The zero-order valence-electron chi connectivity index (χ0n) is 8.02. The number of nitriles is 2. The quantitative estimate of drug-likeness (QED) is 0.677. The van der Waals surface area contributed by atoms with Crippen molar-refractivity contribution in [3.8, 4) is 23.6 Å². The highest BCUT2D eigenvalue weighted by Crippen LogP contribution is 2.33. The van der Waals surface area contributed by atoms with Gasteiger partial charge >= 0.3 is 0 Å². The lowest BCUT2D eigenvalue weighted by atomic mass is 10.00. The molecule has 0 fully saturated rings. The Kier molecular flexibility index (Phi) is 2.95. The van der Waals surface area contributed by atoms with Crippen LogP contribution in [0.3, 0.4) is 0 Å². The Bertz CT molecular complexity index is 505. The van der Waals surface area contributed by atoms with Crippen molar-refractivity contribution in [2.75, 3.05) is 0 Å². The van der Waals surface area contributed by atoms with Gasteiger partial charge in [-0.05, 0) is 6.92 Å². The van der Waals surface area contributed by atoms with Gasteiger partial charge in [0.15, 0.2) is 11.5 Å². The van der Waals surface area contributed by atoms with Gasteiger partial charge in [-0.1, -0.05) is 12.2 Å². The molecule has 0 saturated heterocycles. The molecule has 0 atom stereocenters. The van der Waals surface area contributed by atoms with E-state index in [0.717, 1.165) is 6.07 Å². The first-order valence-corrected chi connectivity index (χ1v) is 4.17. The molecule has 0 bridgehead atoms. The molecule has 0 heterocycles. The summed E-state index contributed by atoms with van der Waals surface area (Å²) in [6, 6.07) is 4.73. The minimum absolute atomic E-state index is 0.0929. The molecule has 4 heteroatoms. The summed E-state index contributed by atoms with van der Waals surface area (Å²) in [5.41, 5.74) is 0.377. The van der Waals surface area contributed by atoms with Crippen molar-refractivity contribution in [2.45, 2.75) is 6.92 Å². The summed E-state index contributed by atoms with van der Waals surface area (Å²) in [6.07, 6.45) is 3.18. The second kappa shape index (κ2) is 4.17. The molecule has 0 aliphatic carbocycles. The third-order valence-electron chi connectivity index (χ3n) is 1.89. The van der Waals surface area contributed by atoms with Crippen LogP contribution < -0.4 is 0 Å². The average Bonchev–Trinajstić information content (AvgIpc) is 2.24. The van der Waals surface area contributed by atoms with Crippen molar-refractivity contribution in [3.05, 3.63) is 28.8 Å². The predicted molar refractivity (Wildman–Crippen MR) is 53.9 cm³/mol. The Morgan fingerprint density at radius 2 is 1.93 bits per heavy atom. The van der Waals surface area contributed by atoms with Gasteiger partial charge in [0.2, 0.25) is 0 Å². The van der Waals surface area contributed by atoms with Crippen LogP contribution in [0.2, 0.25) is 0 Å². The van der Waals surface area contributed by atoms with Crippen LogP contribution in [0, 0.1) is 22.7 Å². The third-order valence-corrected chi connectivity index (χ3v) is 1.89. The molecule has 0 radical (unpaired) electrons. The highest BCUT2D eigenvalue weighted by molar-refractivity contribution is 5.71. The minimum Gasteiger partial charge on any atom is -0.504 e. The zero-order valence-corrected chi connectivity index (χ0v) is 8.02. The fourth-order valence-electron chi connectivity index (χ4n) is 1.22. The first-order chi connectivity index (χ1) is 7.15. The van der Waals surface area contributed by atoms with Crippen molar-refractivity contribution >= 4 is 6.08 Å². The Balaban J connectivity index is 3.68. The molecule has 0 aromatic heterocycles. The predicted octanol–water partition coefficient (Wildman–Crippen LogP) is 1.87. The molecule has 0 aliphatic rings. The Morgan fingerprint density at radius 1 is 1.27 bits per heavy atom. The number of hydrogen-bond acceptors (Lipinski definition) is 4. The summed E-state index contributed by atoms with van der Waals surface area (Å²) in [7, 11) is 0. The first kappa shape index (κ1) is 10.6. The van der Waals surface area contributed by atoms with Crippen LogP contribution in [0.5, 0.6) is 11.5 Å². The number of nitrogens with zero attached hydrogens (tertiary/aromatic N) is 2. The Morgan fingerprint density at radius 3 is 2.40 bits per heavy atom. The highest BCUT2D eigenvalue weighted by Gasteiger charge is 2.14. The van der Waals surface area contributed by atoms with Crippen molar-refractivity contribution in [2.24, 2.45) is 0 Å². The van der Waals surface area contributed by atoms with Gasteiger partial charge in [-0.25, -0.2) is 0 Å². The van der Waals surface area contributed by atoms with Gasteiger partial charge in [0.05, 0.1) is 11.6 Å². The summed E-state index contributed by atoms with van der Waals surface area (Å²) in [5.74, 6) is -0.957. The van der Waals surface area contributed by atoms with E-state index in [2.05, 4.69) is 0 Å². The van der Waals surface area contributed by atoms with Crippen LogP contribution in [0.15, 0.2) is 12.1 Å². The van der Waals surface area contributed by atoms with E-state index in [1.807, 2.05) is 6.07 Å². The molecule has 1 rings (SSSR count). The molecule has 0 aliphatic heterocycles.